The second-order valence-electron chi connectivity index (χ2n) is 7.47. The molecule has 0 saturated carbocycles. The summed E-state index contributed by atoms with van der Waals surface area (Å²) in [6.07, 6.45) is 0. The van der Waals surface area contributed by atoms with E-state index in [-0.39, 0.29) is 11.9 Å². The predicted molar refractivity (Wildman–Crippen MR) is 129 cm³/mol. The van der Waals surface area contributed by atoms with E-state index in [0.29, 0.717) is 5.56 Å². The minimum absolute atomic E-state index is 0.0700. The fourth-order valence-corrected chi connectivity index (χ4v) is 4.42. The van der Waals surface area contributed by atoms with Gasteiger partial charge in [0.1, 0.15) is 0 Å². The van der Waals surface area contributed by atoms with Crippen LogP contribution in [0.4, 0.5) is 0 Å². The van der Waals surface area contributed by atoms with Crippen LogP contribution in [-0.4, -0.2) is 5.91 Å². The first-order valence-corrected chi connectivity index (χ1v) is 11.4. The van der Waals surface area contributed by atoms with Crippen LogP contribution in [0.25, 0.3) is 0 Å². The molecule has 0 aliphatic heterocycles. The average Bonchev–Trinajstić information content (AvgIpc) is 2.83. The smallest absolute Gasteiger partial charge is 0.252 e. The number of hydrogen-bond acceptors (Lipinski definition) is 2. The van der Waals surface area contributed by atoms with Crippen molar-refractivity contribution >= 4 is 17.7 Å². The van der Waals surface area contributed by atoms with Gasteiger partial charge in [-0.2, -0.15) is 0 Å². The minimum atomic E-state index is -0.191. The maximum atomic E-state index is 13.1. The van der Waals surface area contributed by atoms with Gasteiger partial charge in [0, 0.05) is 16.2 Å². The molecule has 154 valence electrons. The Bertz CT molecular complexity index is 1120. The summed E-state index contributed by atoms with van der Waals surface area (Å²) in [6, 6.07) is 36.4. The summed E-state index contributed by atoms with van der Waals surface area (Å²) in [4.78, 5) is 14.3. The maximum Gasteiger partial charge on any atom is 0.252 e. The van der Waals surface area contributed by atoms with Gasteiger partial charge in [-0.3, -0.25) is 4.79 Å². The second-order valence-corrected chi connectivity index (χ2v) is 8.52. The van der Waals surface area contributed by atoms with Crippen LogP contribution in [0, 0.1) is 6.92 Å². The molecule has 0 bridgehead atoms. The summed E-state index contributed by atoms with van der Waals surface area (Å²) < 4.78 is 0. The van der Waals surface area contributed by atoms with Crippen LogP contribution in [0.3, 0.4) is 0 Å². The van der Waals surface area contributed by atoms with Crippen LogP contribution >= 0.6 is 11.8 Å². The van der Waals surface area contributed by atoms with Crippen molar-refractivity contribution in [1.29, 1.82) is 0 Å². The molecule has 0 aliphatic carbocycles. The lowest BCUT2D eigenvalue weighted by Gasteiger charge is -2.22. The normalized spacial score (nSPS) is 11.6. The lowest BCUT2D eigenvalue weighted by atomic mass is 9.94. The molecular formula is C28H25NOS. The molecule has 0 fully saturated rings. The molecule has 2 nitrogen and oxygen atoms in total. The lowest BCUT2D eigenvalue weighted by molar-refractivity contribution is 0.0943. The maximum absolute atomic E-state index is 13.1. The van der Waals surface area contributed by atoms with Gasteiger partial charge in [-0.25, -0.2) is 0 Å². The fraction of sp³-hybridized carbons (Fsp3) is 0.107. The molecule has 0 aliphatic rings. The zero-order chi connectivity index (χ0) is 21.5. The molecular weight excluding hydrogens is 398 g/mol. The molecule has 1 N–H and O–H groups in total. The molecule has 4 aromatic rings. The third kappa shape index (κ3) is 5.44. The van der Waals surface area contributed by atoms with Gasteiger partial charge in [0.2, 0.25) is 0 Å². The van der Waals surface area contributed by atoms with Crippen molar-refractivity contribution in [3.8, 4) is 0 Å². The Morgan fingerprint density at radius 2 is 1.39 bits per heavy atom. The number of carbonyl (C=O) groups is 1. The van der Waals surface area contributed by atoms with E-state index in [1.54, 1.807) is 11.8 Å². The summed E-state index contributed by atoms with van der Waals surface area (Å²) in [6.45, 7) is 2.08. The van der Waals surface area contributed by atoms with Crippen molar-refractivity contribution in [2.45, 2.75) is 23.6 Å². The highest BCUT2D eigenvalue weighted by atomic mass is 32.2. The van der Waals surface area contributed by atoms with Gasteiger partial charge in [0.25, 0.3) is 5.91 Å². The number of nitrogens with one attached hydrogen (secondary N) is 1. The second kappa shape index (κ2) is 10.1. The zero-order valence-electron chi connectivity index (χ0n) is 17.5. The third-order valence-electron chi connectivity index (χ3n) is 5.27. The molecule has 1 atom stereocenters. The van der Waals surface area contributed by atoms with Gasteiger partial charge in [-0.1, -0.05) is 84.9 Å². The Balaban J connectivity index is 1.49. The summed E-state index contributed by atoms with van der Waals surface area (Å²) in [7, 11) is 0. The predicted octanol–water partition coefficient (Wildman–Crippen LogP) is 6.81. The lowest BCUT2D eigenvalue weighted by Crippen LogP contribution is -2.29. The third-order valence-corrected chi connectivity index (χ3v) is 6.36. The molecule has 3 heteroatoms. The molecule has 0 radical (unpaired) electrons. The van der Waals surface area contributed by atoms with E-state index in [4.69, 9.17) is 0 Å². The van der Waals surface area contributed by atoms with Crippen molar-refractivity contribution in [1.82, 2.24) is 5.32 Å². The first-order chi connectivity index (χ1) is 15.2. The topological polar surface area (TPSA) is 29.1 Å². The van der Waals surface area contributed by atoms with Gasteiger partial charge in [0.05, 0.1) is 6.04 Å². The van der Waals surface area contributed by atoms with E-state index in [9.17, 15) is 4.79 Å². The van der Waals surface area contributed by atoms with E-state index in [2.05, 4.69) is 48.6 Å². The van der Waals surface area contributed by atoms with Gasteiger partial charge in [-0.15, -0.1) is 11.8 Å². The molecule has 0 spiro atoms. The summed E-state index contributed by atoms with van der Waals surface area (Å²) >= 11 is 1.79. The number of benzene rings is 4. The van der Waals surface area contributed by atoms with Crippen molar-refractivity contribution in [2.24, 2.45) is 0 Å². The summed E-state index contributed by atoms with van der Waals surface area (Å²) in [5.41, 5.74) is 5.20. The fourth-order valence-electron chi connectivity index (χ4n) is 3.55. The molecule has 4 aromatic carbocycles. The summed E-state index contributed by atoms with van der Waals surface area (Å²) in [5.74, 6) is 0.807. The van der Waals surface area contributed by atoms with E-state index in [0.717, 1.165) is 22.4 Å². The Labute approximate surface area is 188 Å². The highest BCUT2D eigenvalue weighted by Crippen LogP contribution is 2.26. The molecule has 0 heterocycles. The van der Waals surface area contributed by atoms with Crippen LogP contribution in [0.1, 0.15) is 38.7 Å². The summed E-state index contributed by atoms with van der Waals surface area (Å²) in [5, 5.41) is 3.24. The van der Waals surface area contributed by atoms with E-state index >= 15 is 0 Å². The van der Waals surface area contributed by atoms with Crippen molar-refractivity contribution in [3.63, 3.8) is 0 Å². The molecule has 31 heavy (non-hydrogen) atoms. The van der Waals surface area contributed by atoms with E-state index < -0.39 is 0 Å². The SMILES string of the molecule is Cc1ccccc1[C@H](NC(=O)c1ccc(CSc2ccccc2)cc1)c1ccccc1. The standard InChI is InChI=1S/C28H25NOS/c1-21-10-8-9-15-26(21)27(23-11-4-2-5-12-23)29-28(30)24-18-16-22(17-19-24)20-31-25-13-6-3-7-14-25/h2-19,27H,20H2,1H3,(H,29,30)/t27-/m1/s1. The number of carbonyl (C=O) groups excluding carboxylic acids is 1. The number of amides is 1. The zero-order valence-corrected chi connectivity index (χ0v) is 18.3. The largest absolute Gasteiger partial charge is 0.341 e. The van der Waals surface area contributed by atoms with Gasteiger partial charge in [-0.05, 0) is 53.4 Å². The minimum Gasteiger partial charge on any atom is -0.341 e. The molecule has 0 saturated heterocycles. The van der Waals surface area contributed by atoms with Gasteiger partial charge in [0.15, 0.2) is 0 Å². The van der Waals surface area contributed by atoms with Crippen LogP contribution in [0.15, 0.2) is 114 Å². The van der Waals surface area contributed by atoms with E-state index in [1.165, 1.54) is 10.5 Å². The van der Waals surface area contributed by atoms with Crippen molar-refractivity contribution in [2.75, 3.05) is 0 Å². The molecule has 0 unspecified atom stereocenters. The number of hydrogen-bond donors (Lipinski definition) is 1. The number of rotatable bonds is 7. The van der Waals surface area contributed by atoms with Gasteiger partial charge < -0.3 is 5.32 Å². The quantitative estimate of drug-likeness (QED) is 0.331. The number of thioether (sulfide) groups is 1. The van der Waals surface area contributed by atoms with E-state index in [1.807, 2.05) is 72.8 Å². The van der Waals surface area contributed by atoms with Crippen molar-refractivity contribution < 1.29 is 4.79 Å². The Hall–Kier alpha value is -3.30. The molecule has 4 rings (SSSR count). The Morgan fingerprint density at radius 1 is 0.774 bits per heavy atom. The molecule has 1 amide bonds. The molecule has 0 aromatic heterocycles. The average molecular weight is 424 g/mol. The van der Waals surface area contributed by atoms with Crippen LogP contribution in [-0.2, 0) is 5.75 Å². The van der Waals surface area contributed by atoms with Crippen molar-refractivity contribution in [3.05, 3.63) is 137 Å². The highest BCUT2D eigenvalue weighted by molar-refractivity contribution is 7.98. The monoisotopic (exact) mass is 423 g/mol. The van der Waals surface area contributed by atoms with Gasteiger partial charge >= 0.3 is 0 Å². The Morgan fingerprint density at radius 3 is 2.06 bits per heavy atom. The Kier molecular flexibility index (Phi) is 6.85. The number of aryl methyl sites for hydroxylation is 1. The first kappa shape index (κ1) is 21.0. The highest BCUT2D eigenvalue weighted by Gasteiger charge is 2.19. The van der Waals surface area contributed by atoms with Crippen LogP contribution < -0.4 is 5.32 Å². The van der Waals surface area contributed by atoms with Crippen LogP contribution in [0.5, 0.6) is 0 Å². The first-order valence-electron chi connectivity index (χ1n) is 10.4. The van der Waals surface area contributed by atoms with Crippen LogP contribution in [0.2, 0.25) is 0 Å².